The van der Waals surface area contributed by atoms with Gasteiger partial charge in [-0.25, -0.2) is 18.0 Å². The number of sulfonamides is 1. The molecule has 2 atom stereocenters. The van der Waals surface area contributed by atoms with E-state index in [4.69, 9.17) is 9.47 Å². The summed E-state index contributed by atoms with van der Waals surface area (Å²) in [7, 11) is -4.20. The quantitative estimate of drug-likeness (QED) is 0.228. The van der Waals surface area contributed by atoms with Crippen molar-refractivity contribution >= 4 is 39.6 Å². The molecular weight excluding hydrogens is 654 g/mol. The predicted molar refractivity (Wildman–Crippen MR) is 182 cm³/mol. The first-order valence-corrected chi connectivity index (χ1v) is 18.0. The van der Waals surface area contributed by atoms with Crippen LogP contribution in [0.1, 0.15) is 58.4 Å². The summed E-state index contributed by atoms with van der Waals surface area (Å²) < 4.78 is 39.4. The molecule has 0 saturated carbocycles. The fourth-order valence-corrected chi connectivity index (χ4v) is 7.44. The average Bonchev–Trinajstić information content (AvgIpc) is 3.56. The van der Waals surface area contributed by atoms with Gasteiger partial charge in [-0.1, -0.05) is 24.6 Å². The Morgan fingerprint density at radius 3 is 2.37 bits per heavy atom. The Labute approximate surface area is 287 Å². The number of amides is 3. The molecule has 2 aliphatic heterocycles. The minimum atomic E-state index is -4.20. The Kier molecular flexibility index (Phi) is 13.0. The number of benzene rings is 2. The molecule has 49 heavy (non-hydrogen) atoms. The first-order chi connectivity index (χ1) is 23.2. The maximum Gasteiger partial charge on any atom is 0.408 e. The number of piperidine rings is 1. The van der Waals surface area contributed by atoms with E-state index in [9.17, 15) is 32.7 Å². The van der Waals surface area contributed by atoms with Gasteiger partial charge in [0.15, 0.2) is 0 Å². The molecule has 0 bridgehead atoms. The highest BCUT2D eigenvalue weighted by Gasteiger charge is 2.40. The van der Waals surface area contributed by atoms with E-state index in [1.54, 1.807) is 45.0 Å². The van der Waals surface area contributed by atoms with Crippen molar-refractivity contribution < 1.29 is 42.2 Å². The Bertz CT molecular complexity index is 1570. The highest BCUT2D eigenvalue weighted by atomic mass is 32.2. The first kappa shape index (κ1) is 37.6. The van der Waals surface area contributed by atoms with Crippen LogP contribution in [0, 0.1) is 0 Å². The van der Waals surface area contributed by atoms with E-state index in [-0.39, 0.29) is 30.0 Å². The third-order valence-corrected chi connectivity index (χ3v) is 10.0. The number of hydrogen-bond acceptors (Lipinski definition) is 9. The largest absolute Gasteiger partial charge is 0.492 e. The molecule has 2 aliphatic rings. The van der Waals surface area contributed by atoms with E-state index in [1.165, 1.54) is 43.5 Å². The standard InChI is InChI=1S/C34H47N5O9S/c1-34(2,3)48-33(44)35-23-30(40)36-25-9-7-10-27(22-25)49(45,46)39-18-8-11-29(39)31(41)37-28(32(42)43)21-24-12-14-26(15-13-24)47-20-19-38-16-5-4-6-17-38/h7,9-10,12-15,22,28-29H,4-6,8,11,16-21,23H2,1-3H3,(H,35,44)(H,36,40)(H,37,41)(H,42,43)/t28-,29-/m0/s1. The molecule has 268 valence electrons. The molecule has 3 amide bonds. The van der Waals surface area contributed by atoms with Gasteiger partial charge in [-0.3, -0.25) is 14.5 Å². The summed E-state index contributed by atoms with van der Waals surface area (Å²) in [6, 6.07) is 10.2. The van der Waals surface area contributed by atoms with Crippen molar-refractivity contribution in [3.05, 3.63) is 54.1 Å². The minimum absolute atomic E-state index is 0.000864. The summed E-state index contributed by atoms with van der Waals surface area (Å²) in [4.78, 5) is 52.0. The number of alkyl carbamates (subject to hydrolysis) is 1. The molecule has 2 saturated heterocycles. The molecule has 2 aromatic rings. The fraction of sp³-hybridized carbons (Fsp3) is 0.529. The van der Waals surface area contributed by atoms with Crippen LogP contribution >= 0.6 is 0 Å². The molecule has 2 fully saturated rings. The molecule has 0 aromatic heterocycles. The fourth-order valence-electron chi connectivity index (χ4n) is 5.73. The van der Waals surface area contributed by atoms with E-state index in [0.29, 0.717) is 24.3 Å². The van der Waals surface area contributed by atoms with Gasteiger partial charge in [-0.15, -0.1) is 0 Å². The Balaban J connectivity index is 1.33. The maximum absolute atomic E-state index is 13.7. The van der Waals surface area contributed by atoms with Crippen molar-refractivity contribution in [1.29, 1.82) is 0 Å². The van der Waals surface area contributed by atoms with E-state index in [0.717, 1.165) is 23.9 Å². The van der Waals surface area contributed by atoms with Gasteiger partial charge < -0.3 is 30.5 Å². The lowest BCUT2D eigenvalue weighted by molar-refractivity contribution is -0.142. The Morgan fingerprint density at radius 2 is 1.69 bits per heavy atom. The third-order valence-electron chi connectivity index (χ3n) is 8.13. The van der Waals surface area contributed by atoms with Crippen LogP contribution in [0.4, 0.5) is 10.5 Å². The van der Waals surface area contributed by atoms with Gasteiger partial charge >= 0.3 is 12.1 Å². The van der Waals surface area contributed by atoms with Gasteiger partial charge in [0.05, 0.1) is 4.90 Å². The van der Waals surface area contributed by atoms with Gasteiger partial charge in [0.1, 0.15) is 36.6 Å². The minimum Gasteiger partial charge on any atom is -0.492 e. The van der Waals surface area contributed by atoms with Gasteiger partial charge in [0, 0.05) is 25.2 Å². The lowest BCUT2D eigenvalue weighted by Gasteiger charge is -2.26. The van der Waals surface area contributed by atoms with Crippen LogP contribution in [0.2, 0.25) is 0 Å². The van der Waals surface area contributed by atoms with Crippen molar-refractivity contribution in [2.45, 2.75) is 81.9 Å². The number of ether oxygens (including phenoxy) is 2. The summed E-state index contributed by atoms with van der Waals surface area (Å²) in [5.41, 5.74) is 0.102. The number of rotatable bonds is 14. The molecule has 0 radical (unpaired) electrons. The number of carbonyl (C=O) groups is 4. The summed E-state index contributed by atoms with van der Waals surface area (Å²) in [5.74, 6) is -1.88. The average molecular weight is 702 g/mol. The lowest BCUT2D eigenvalue weighted by atomic mass is 10.1. The summed E-state index contributed by atoms with van der Waals surface area (Å²) in [5, 5.41) is 17.3. The van der Waals surface area contributed by atoms with Crippen LogP contribution in [-0.4, -0.2) is 104 Å². The van der Waals surface area contributed by atoms with E-state index in [1.807, 2.05) is 0 Å². The predicted octanol–water partition coefficient (Wildman–Crippen LogP) is 2.98. The zero-order valence-electron chi connectivity index (χ0n) is 28.3. The smallest absolute Gasteiger partial charge is 0.408 e. The number of aliphatic carboxylic acids is 1. The zero-order valence-corrected chi connectivity index (χ0v) is 29.1. The second-order valence-electron chi connectivity index (χ2n) is 13.2. The highest BCUT2D eigenvalue weighted by Crippen LogP contribution is 2.28. The molecule has 0 aliphatic carbocycles. The number of carboxylic acid groups (broad SMARTS) is 1. The van der Waals surface area contributed by atoms with Crippen molar-refractivity contribution in [2.75, 3.05) is 44.6 Å². The normalized spacial score (nSPS) is 17.9. The van der Waals surface area contributed by atoms with Crippen LogP contribution in [0.3, 0.4) is 0 Å². The van der Waals surface area contributed by atoms with E-state index in [2.05, 4.69) is 20.9 Å². The molecule has 15 heteroatoms. The highest BCUT2D eigenvalue weighted by molar-refractivity contribution is 7.89. The number of likely N-dealkylation sites (tertiary alicyclic amines) is 1. The molecule has 2 aromatic carbocycles. The van der Waals surface area contributed by atoms with Gasteiger partial charge in [0.2, 0.25) is 21.8 Å². The van der Waals surface area contributed by atoms with Crippen molar-refractivity contribution in [3.8, 4) is 5.75 Å². The van der Waals surface area contributed by atoms with Crippen molar-refractivity contribution in [3.63, 3.8) is 0 Å². The summed E-state index contributed by atoms with van der Waals surface area (Å²) >= 11 is 0. The Hall–Kier alpha value is -4.21. The summed E-state index contributed by atoms with van der Waals surface area (Å²) in [6.07, 6.45) is 3.53. The molecule has 4 N–H and O–H groups in total. The number of anilines is 1. The molecule has 0 unspecified atom stereocenters. The molecule has 4 rings (SSSR count). The number of carboxylic acids is 1. The number of hydrogen-bond donors (Lipinski definition) is 4. The first-order valence-electron chi connectivity index (χ1n) is 16.6. The topological polar surface area (TPSA) is 184 Å². The second-order valence-corrected chi connectivity index (χ2v) is 15.1. The molecule has 2 heterocycles. The van der Waals surface area contributed by atoms with E-state index < -0.39 is 58.1 Å². The molecular formula is C34H47N5O9S. The third kappa shape index (κ3) is 11.4. The zero-order chi connectivity index (χ0) is 35.6. The van der Waals surface area contributed by atoms with Crippen LogP contribution < -0.4 is 20.7 Å². The molecule has 14 nitrogen and oxygen atoms in total. The number of carbonyl (C=O) groups excluding carboxylic acids is 3. The second kappa shape index (κ2) is 16.9. The van der Waals surface area contributed by atoms with Crippen molar-refractivity contribution in [2.24, 2.45) is 0 Å². The van der Waals surface area contributed by atoms with Gasteiger partial charge in [-0.05, 0) is 95.4 Å². The Morgan fingerprint density at radius 1 is 0.980 bits per heavy atom. The van der Waals surface area contributed by atoms with Crippen molar-refractivity contribution in [1.82, 2.24) is 19.8 Å². The van der Waals surface area contributed by atoms with Crippen LogP contribution in [-0.2, 0) is 35.6 Å². The number of nitrogens with one attached hydrogen (secondary N) is 3. The maximum atomic E-state index is 13.7. The van der Waals surface area contributed by atoms with Crippen LogP contribution in [0.25, 0.3) is 0 Å². The van der Waals surface area contributed by atoms with Gasteiger partial charge in [-0.2, -0.15) is 4.31 Å². The van der Waals surface area contributed by atoms with Crippen LogP contribution in [0.5, 0.6) is 5.75 Å². The van der Waals surface area contributed by atoms with E-state index >= 15 is 0 Å². The van der Waals surface area contributed by atoms with Crippen LogP contribution in [0.15, 0.2) is 53.4 Å². The van der Waals surface area contributed by atoms with Gasteiger partial charge in [0.25, 0.3) is 0 Å². The SMILES string of the molecule is CC(C)(C)OC(=O)NCC(=O)Nc1cccc(S(=O)(=O)N2CCC[C@H]2C(=O)N[C@@H](Cc2ccc(OCCN3CCCCC3)cc2)C(=O)O)c1. The summed E-state index contributed by atoms with van der Waals surface area (Å²) in [6.45, 7) is 8.29. The number of nitrogens with zero attached hydrogens (tertiary/aromatic N) is 2. The lowest BCUT2D eigenvalue weighted by Crippen LogP contribution is -2.51. The molecule has 0 spiro atoms. The monoisotopic (exact) mass is 701 g/mol.